The largest absolute Gasteiger partial charge is 0.508 e. The Balaban J connectivity index is 1.02. The van der Waals surface area contributed by atoms with Crippen molar-refractivity contribution < 1.29 is 42.1 Å². The zero-order valence-corrected chi connectivity index (χ0v) is 33.0. The number of benzene rings is 2. The molecule has 12 nitrogen and oxygen atoms in total. The number of anilines is 1. The number of phenolic OH excluding ortho intramolecular Hbond substituents is 1. The molecule has 4 aliphatic heterocycles. The molecule has 310 valence electrons. The molecule has 3 unspecified atom stereocenters. The number of aromatic nitrogens is 3. The Labute approximate surface area is 340 Å². The van der Waals surface area contributed by atoms with Gasteiger partial charge in [-0.1, -0.05) is 37.7 Å². The number of carbonyl (C=O) groups is 2. The number of carbonyl (C=O) groups excluding carboxylic acids is 2. The molecule has 4 aromatic rings. The molecule has 2 bridgehead atoms. The van der Waals surface area contributed by atoms with E-state index in [2.05, 4.69) is 20.8 Å². The standard InChI is InChI=1S/C44H47F3N6O6/c1-3-32-35(46)13-10-27-17-31(54)18-33(37(27)32)39-38(47)40-34(20-48-39)41(50-42(49-40)57-24-44-15-6-16-52(44)21-28(45)19-44)51-22-29-11-12-30(23-51)53(29)43(56)59-25(2)58-36(55)14-9-26-7-4-5-8-26/h1,10,13,17-18,20,25-26,28-30,54H,4-9,11-12,14-16,19,21-24H2,2H3/t25?,28-,29?,30?,44+/m1/s1. The van der Waals surface area contributed by atoms with Crippen molar-refractivity contribution in [3.05, 3.63) is 47.7 Å². The SMILES string of the molecule is C#Cc1c(F)ccc2cc(O)cc(-c3ncc4c(N5CC6CCC(C5)N6C(=O)OC(C)OC(=O)CCC5CCCC5)nc(OC[C@@]56CCCN5C[C@H](F)C6)nc4c3F)c12. The van der Waals surface area contributed by atoms with Gasteiger partial charge < -0.3 is 24.2 Å². The molecular formula is C44H47F3N6O6. The van der Waals surface area contributed by atoms with E-state index >= 15 is 8.78 Å². The summed E-state index contributed by atoms with van der Waals surface area (Å²) in [6, 6.07) is 4.64. The highest BCUT2D eigenvalue weighted by atomic mass is 19.1. The van der Waals surface area contributed by atoms with Crippen LogP contribution in [-0.2, 0) is 14.3 Å². The molecule has 1 aliphatic carbocycles. The average molecular weight is 813 g/mol. The van der Waals surface area contributed by atoms with E-state index in [9.17, 15) is 19.1 Å². The van der Waals surface area contributed by atoms with E-state index < -0.39 is 35.7 Å². The number of aromatic hydroxyl groups is 1. The van der Waals surface area contributed by atoms with Gasteiger partial charge in [0.25, 0.3) is 0 Å². The van der Waals surface area contributed by atoms with Crippen molar-refractivity contribution in [1.82, 2.24) is 24.8 Å². The quantitative estimate of drug-likeness (QED) is 0.0976. The predicted octanol–water partition coefficient (Wildman–Crippen LogP) is 7.41. The summed E-state index contributed by atoms with van der Waals surface area (Å²) in [5.74, 6) is 1.11. The first-order chi connectivity index (χ1) is 28.5. The number of phenols is 1. The lowest BCUT2D eigenvalue weighted by Gasteiger charge is -2.41. The van der Waals surface area contributed by atoms with E-state index in [1.807, 2.05) is 4.90 Å². The van der Waals surface area contributed by atoms with Gasteiger partial charge in [-0.2, -0.15) is 9.97 Å². The number of fused-ring (bicyclic) bond motifs is 5. The minimum atomic E-state index is -1.05. The molecule has 0 spiro atoms. The molecule has 2 aromatic heterocycles. The second kappa shape index (κ2) is 15.7. The third-order valence-corrected chi connectivity index (χ3v) is 13.1. The van der Waals surface area contributed by atoms with E-state index in [1.54, 1.807) is 11.8 Å². The molecule has 9 rings (SSSR count). The molecule has 15 heteroatoms. The number of nitrogens with zero attached hydrogens (tertiary/aromatic N) is 6. The first-order valence-electron chi connectivity index (χ1n) is 20.7. The van der Waals surface area contributed by atoms with Gasteiger partial charge in [-0.05, 0) is 68.2 Å². The summed E-state index contributed by atoms with van der Waals surface area (Å²) in [6.07, 6.45) is 13.6. The van der Waals surface area contributed by atoms with Gasteiger partial charge in [0, 0.05) is 56.5 Å². The molecule has 1 N–H and O–H groups in total. The fourth-order valence-corrected chi connectivity index (χ4v) is 10.4. The Morgan fingerprint density at radius 2 is 1.83 bits per heavy atom. The zero-order chi connectivity index (χ0) is 41.0. The molecular weight excluding hydrogens is 766 g/mol. The van der Waals surface area contributed by atoms with Crippen LogP contribution in [0.25, 0.3) is 32.9 Å². The number of terminal acetylenes is 1. The summed E-state index contributed by atoms with van der Waals surface area (Å²) >= 11 is 0. The number of hydrogen-bond acceptors (Lipinski definition) is 11. The summed E-state index contributed by atoms with van der Waals surface area (Å²) in [7, 11) is 0. The number of ether oxygens (including phenoxy) is 3. The normalized spacial score (nSPS) is 24.8. The van der Waals surface area contributed by atoms with E-state index in [4.69, 9.17) is 25.6 Å². The fraction of sp³-hybridized carbons (Fsp3) is 0.523. The van der Waals surface area contributed by atoms with Crippen LogP contribution >= 0.6 is 0 Å². The first-order valence-corrected chi connectivity index (χ1v) is 20.7. The van der Waals surface area contributed by atoms with Gasteiger partial charge in [-0.25, -0.2) is 18.0 Å². The highest BCUT2D eigenvalue weighted by Crippen LogP contribution is 2.43. The third-order valence-electron chi connectivity index (χ3n) is 13.1. The van der Waals surface area contributed by atoms with Gasteiger partial charge in [0.1, 0.15) is 41.4 Å². The average Bonchev–Trinajstić information content (AvgIpc) is 3.99. The topological polar surface area (TPSA) is 130 Å². The monoisotopic (exact) mass is 812 g/mol. The number of piperazine rings is 1. The van der Waals surface area contributed by atoms with Crippen molar-refractivity contribution in [2.24, 2.45) is 5.92 Å². The molecule has 0 radical (unpaired) electrons. The number of halogens is 3. The lowest BCUT2D eigenvalue weighted by atomic mass is 9.95. The number of esters is 1. The Hall–Kier alpha value is -5.36. The Morgan fingerprint density at radius 1 is 1.05 bits per heavy atom. The lowest BCUT2D eigenvalue weighted by Crippen LogP contribution is -2.56. The minimum Gasteiger partial charge on any atom is -0.508 e. The van der Waals surface area contributed by atoms with Gasteiger partial charge >= 0.3 is 18.1 Å². The summed E-state index contributed by atoms with van der Waals surface area (Å²) in [4.78, 5) is 45.7. The first kappa shape index (κ1) is 39.1. The van der Waals surface area contributed by atoms with Gasteiger partial charge in [0.15, 0.2) is 5.82 Å². The molecule has 5 atom stereocenters. The van der Waals surface area contributed by atoms with Gasteiger partial charge in [-0.3, -0.25) is 19.6 Å². The van der Waals surface area contributed by atoms with Crippen molar-refractivity contribution in [2.75, 3.05) is 37.7 Å². The Bertz CT molecular complexity index is 2340. The summed E-state index contributed by atoms with van der Waals surface area (Å²) < 4.78 is 64.2. The second-order valence-electron chi connectivity index (χ2n) is 16.9. The number of pyridine rings is 1. The maximum atomic E-state index is 17.1. The van der Waals surface area contributed by atoms with Gasteiger partial charge in [-0.15, -0.1) is 6.42 Å². The van der Waals surface area contributed by atoms with Crippen molar-refractivity contribution >= 4 is 39.6 Å². The molecule has 2 aromatic carbocycles. The fourth-order valence-electron chi connectivity index (χ4n) is 10.4. The van der Waals surface area contributed by atoms with Crippen LogP contribution in [0.1, 0.15) is 83.1 Å². The number of hydrogen-bond donors (Lipinski definition) is 1. The number of alkyl halides is 1. The van der Waals surface area contributed by atoms with Crippen molar-refractivity contribution in [1.29, 1.82) is 0 Å². The molecule has 59 heavy (non-hydrogen) atoms. The van der Waals surface area contributed by atoms with Crippen LogP contribution in [0.5, 0.6) is 11.8 Å². The van der Waals surface area contributed by atoms with Crippen molar-refractivity contribution in [3.63, 3.8) is 0 Å². The smallest absolute Gasteiger partial charge is 0.413 e. The minimum absolute atomic E-state index is 0.0776. The maximum absolute atomic E-state index is 17.1. The van der Waals surface area contributed by atoms with E-state index in [0.29, 0.717) is 56.0 Å². The van der Waals surface area contributed by atoms with Crippen LogP contribution in [-0.4, -0.2) is 105 Å². The molecule has 1 amide bonds. The Morgan fingerprint density at radius 3 is 2.59 bits per heavy atom. The van der Waals surface area contributed by atoms with Crippen LogP contribution in [0.2, 0.25) is 0 Å². The molecule has 6 heterocycles. The highest BCUT2D eigenvalue weighted by molar-refractivity contribution is 6.03. The lowest BCUT2D eigenvalue weighted by molar-refractivity contribution is -0.166. The van der Waals surface area contributed by atoms with Crippen LogP contribution in [0, 0.1) is 29.9 Å². The number of rotatable bonds is 10. The van der Waals surface area contributed by atoms with Crippen molar-refractivity contribution in [2.45, 2.75) is 108 Å². The van der Waals surface area contributed by atoms with Crippen LogP contribution in [0.3, 0.4) is 0 Å². The van der Waals surface area contributed by atoms with Crippen LogP contribution in [0.15, 0.2) is 30.5 Å². The highest BCUT2D eigenvalue weighted by Gasteiger charge is 2.50. The van der Waals surface area contributed by atoms with Crippen LogP contribution in [0.4, 0.5) is 23.8 Å². The second-order valence-corrected chi connectivity index (χ2v) is 16.9. The third kappa shape index (κ3) is 7.34. The van der Waals surface area contributed by atoms with Gasteiger partial charge in [0.05, 0.1) is 28.6 Å². The molecule has 5 fully saturated rings. The van der Waals surface area contributed by atoms with E-state index in [1.165, 1.54) is 43.3 Å². The summed E-state index contributed by atoms with van der Waals surface area (Å²) in [5, 5.41) is 11.5. The molecule has 4 saturated heterocycles. The summed E-state index contributed by atoms with van der Waals surface area (Å²) in [6.45, 7) is 3.37. The van der Waals surface area contributed by atoms with Crippen molar-refractivity contribution in [3.8, 4) is 35.4 Å². The molecule has 5 aliphatic rings. The van der Waals surface area contributed by atoms with E-state index in [0.717, 1.165) is 38.6 Å². The molecule has 1 saturated carbocycles. The van der Waals surface area contributed by atoms with E-state index in [-0.39, 0.29) is 76.0 Å². The maximum Gasteiger partial charge on any atom is 0.413 e. The number of amides is 1. The predicted molar refractivity (Wildman–Crippen MR) is 212 cm³/mol. The van der Waals surface area contributed by atoms with Crippen LogP contribution < -0.4 is 9.64 Å². The van der Waals surface area contributed by atoms with Gasteiger partial charge in [0.2, 0.25) is 6.29 Å². The summed E-state index contributed by atoms with van der Waals surface area (Å²) in [5.41, 5.74) is -0.892. The Kier molecular flexibility index (Phi) is 10.4. The zero-order valence-electron chi connectivity index (χ0n) is 33.0.